The first-order chi connectivity index (χ1) is 8.39. The summed E-state index contributed by atoms with van der Waals surface area (Å²) in [5.41, 5.74) is -1.45. The molecule has 2 rings (SSSR count). The molecule has 0 spiro atoms. The minimum Gasteiger partial charge on any atom is -0.258 e. The highest BCUT2D eigenvalue weighted by atomic mass is 19.4. The third-order valence-electron chi connectivity index (χ3n) is 3.35. The number of nitro groups is 1. The van der Waals surface area contributed by atoms with Crippen molar-refractivity contribution in [2.24, 2.45) is 0 Å². The van der Waals surface area contributed by atoms with Crippen LogP contribution in [0.15, 0.2) is 18.2 Å². The van der Waals surface area contributed by atoms with Crippen molar-refractivity contribution < 1.29 is 18.1 Å². The van der Waals surface area contributed by atoms with Gasteiger partial charge in [0.2, 0.25) is 0 Å². The van der Waals surface area contributed by atoms with E-state index < -0.39 is 22.4 Å². The molecular formula is C12H12F3NO2. The van der Waals surface area contributed by atoms with E-state index in [1.807, 2.05) is 0 Å². The van der Waals surface area contributed by atoms with Crippen LogP contribution in [0.25, 0.3) is 0 Å². The van der Waals surface area contributed by atoms with Gasteiger partial charge in [-0.15, -0.1) is 0 Å². The van der Waals surface area contributed by atoms with E-state index >= 15 is 0 Å². The Morgan fingerprint density at radius 2 is 1.83 bits per heavy atom. The predicted molar refractivity (Wildman–Crippen MR) is 59.3 cm³/mol. The van der Waals surface area contributed by atoms with Crippen molar-refractivity contribution in [3.8, 4) is 0 Å². The molecule has 18 heavy (non-hydrogen) atoms. The Balaban J connectivity index is 2.45. The smallest absolute Gasteiger partial charge is 0.258 e. The van der Waals surface area contributed by atoms with Crippen molar-refractivity contribution in [3.63, 3.8) is 0 Å². The number of hydrogen-bond acceptors (Lipinski definition) is 2. The van der Waals surface area contributed by atoms with Gasteiger partial charge in [0.25, 0.3) is 5.69 Å². The number of rotatable bonds is 2. The van der Waals surface area contributed by atoms with E-state index in [4.69, 9.17) is 0 Å². The zero-order chi connectivity index (χ0) is 13.3. The number of halogens is 3. The van der Waals surface area contributed by atoms with Crippen LogP contribution >= 0.6 is 0 Å². The lowest BCUT2D eigenvalue weighted by Gasteiger charge is -2.13. The van der Waals surface area contributed by atoms with Gasteiger partial charge in [-0.05, 0) is 30.4 Å². The summed E-state index contributed by atoms with van der Waals surface area (Å²) in [6.07, 6.45) is -0.965. The van der Waals surface area contributed by atoms with Crippen molar-refractivity contribution in [1.29, 1.82) is 0 Å². The Bertz CT molecular complexity index is 465. The van der Waals surface area contributed by atoms with Gasteiger partial charge < -0.3 is 0 Å². The Hall–Kier alpha value is -1.59. The standard InChI is InChI=1S/C12H12F3NO2/c13-12(14,15)10-7-9(8-3-1-2-4-8)5-6-11(10)16(17)18/h5-8H,1-4H2. The molecule has 0 saturated heterocycles. The van der Waals surface area contributed by atoms with E-state index in [2.05, 4.69) is 0 Å². The van der Waals surface area contributed by atoms with Crippen molar-refractivity contribution >= 4 is 5.69 Å². The Morgan fingerprint density at radius 3 is 2.33 bits per heavy atom. The fourth-order valence-electron chi connectivity index (χ4n) is 2.45. The molecule has 1 aromatic carbocycles. The van der Waals surface area contributed by atoms with Crippen LogP contribution in [0.3, 0.4) is 0 Å². The average Bonchev–Trinajstić information content (AvgIpc) is 2.80. The average molecular weight is 259 g/mol. The zero-order valence-corrected chi connectivity index (χ0v) is 9.54. The van der Waals surface area contributed by atoms with Gasteiger partial charge in [-0.1, -0.05) is 18.9 Å². The molecule has 98 valence electrons. The van der Waals surface area contributed by atoms with E-state index in [0.717, 1.165) is 37.8 Å². The van der Waals surface area contributed by atoms with Crippen LogP contribution in [0.4, 0.5) is 18.9 Å². The molecule has 0 aromatic heterocycles. The third-order valence-corrected chi connectivity index (χ3v) is 3.35. The Labute approximate surface area is 102 Å². The number of nitrogens with zero attached hydrogens (tertiary/aromatic N) is 1. The van der Waals surface area contributed by atoms with E-state index in [1.165, 1.54) is 6.07 Å². The molecule has 1 fully saturated rings. The zero-order valence-electron chi connectivity index (χ0n) is 9.54. The van der Waals surface area contributed by atoms with Crippen molar-refractivity contribution in [2.75, 3.05) is 0 Å². The second-order valence-electron chi connectivity index (χ2n) is 4.51. The maximum Gasteiger partial charge on any atom is 0.423 e. The summed E-state index contributed by atoms with van der Waals surface area (Å²) < 4.78 is 38.3. The lowest BCUT2D eigenvalue weighted by Crippen LogP contribution is -2.10. The highest BCUT2D eigenvalue weighted by Crippen LogP contribution is 2.40. The van der Waals surface area contributed by atoms with Crippen molar-refractivity contribution in [1.82, 2.24) is 0 Å². The largest absolute Gasteiger partial charge is 0.423 e. The monoisotopic (exact) mass is 259 g/mol. The summed E-state index contributed by atoms with van der Waals surface area (Å²) in [7, 11) is 0. The minimum atomic E-state index is -4.68. The van der Waals surface area contributed by atoms with E-state index in [9.17, 15) is 23.3 Å². The van der Waals surface area contributed by atoms with Gasteiger partial charge >= 0.3 is 6.18 Å². The third kappa shape index (κ3) is 2.47. The highest BCUT2D eigenvalue weighted by molar-refractivity contribution is 5.45. The summed E-state index contributed by atoms with van der Waals surface area (Å²) >= 11 is 0. The van der Waals surface area contributed by atoms with Crippen molar-refractivity contribution in [3.05, 3.63) is 39.4 Å². The Kier molecular flexibility index (Phi) is 3.28. The lowest BCUT2D eigenvalue weighted by molar-refractivity contribution is -0.388. The van der Waals surface area contributed by atoms with Crippen LogP contribution in [-0.2, 0) is 6.18 Å². The quantitative estimate of drug-likeness (QED) is 0.588. The van der Waals surface area contributed by atoms with Crippen LogP contribution in [-0.4, -0.2) is 4.92 Å². The van der Waals surface area contributed by atoms with E-state index in [0.29, 0.717) is 5.56 Å². The van der Waals surface area contributed by atoms with Crippen LogP contribution in [0.5, 0.6) is 0 Å². The molecule has 3 nitrogen and oxygen atoms in total. The van der Waals surface area contributed by atoms with Gasteiger partial charge in [-0.2, -0.15) is 13.2 Å². The molecule has 0 atom stereocenters. The molecule has 1 saturated carbocycles. The van der Waals surface area contributed by atoms with E-state index in [-0.39, 0.29) is 5.92 Å². The van der Waals surface area contributed by atoms with Crippen LogP contribution in [0, 0.1) is 10.1 Å². The number of nitro benzene ring substituents is 1. The topological polar surface area (TPSA) is 43.1 Å². The number of benzene rings is 1. The normalized spacial score (nSPS) is 17.1. The van der Waals surface area contributed by atoms with Crippen LogP contribution in [0.2, 0.25) is 0 Å². The lowest BCUT2D eigenvalue weighted by atomic mass is 9.95. The summed E-state index contributed by atoms with van der Waals surface area (Å²) in [4.78, 5) is 9.62. The molecule has 1 aliphatic carbocycles. The molecule has 1 aliphatic rings. The number of alkyl halides is 3. The fourth-order valence-corrected chi connectivity index (χ4v) is 2.45. The molecule has 0 unspecified atom stereocenters. The van der Waals surface area contributed by atoms with Gasteiger partial charge in [0, 0.05) is 6.07 Å². The first-order valence-electron chi connectivity index (χ1n) is 5.75. The fraction of sp³-hybridized carbons (Fsp3) is 0.500. The van der Waals surface area contributed by atoms with Gasteiger partial charge in [0.1, 0.15) is 5.56 Å². The maximum atomic E-state index is 12.8. The summed E-state index contributed by atoms with van der Waals surface area (Å²) in [5.74, 6) is 0.104. The molecule has 0 aliphatic heterocycles. The summed E-state index contributed by atoms with van der Waals surface area (Å²) in [6.45, 7) is 0. The second-order valence-corrected chi connectivity index (χ2v) is 4.51. The predicted octanol–water partition coefficient (Wildman–Crippen LogP) is 4.27. The molecule has 6 heteroatoms. The summed E-state index contributed by atoms with van der Waals surface area (Å²) in [6, 6.07) is 3.36. The second kappa shape index (κ2) is 4.59. The molecule has 0 bridgehead atoms. The molecule has 0 amide bonds. The van der Waals surface area contributed by atoms with E-state index in [1.54, 1.807) is 0 Å². The van der Waals surface area contributed by atoms with Crippen LogP contribution < -0.4 is 0 Å². The van der Waals surface area contributed by atoms with Gasteiger partial charge in [0.05, 0.1) is 4.92 Å². The minimum absolute atomic E-state index is 0.104. The molecule has 1 aromatic rings. The van der Waals surface area contributed by atoms with Crippen LogP contribution in [0.1, 0.15) is 42.7 Å². The van der Waals surface area contributed by atoms with Gasteiger partial charge in [-0.3, -0.25) is 10.1 Å². The van der Waals surface area contributed by atoms with Crippen molar-refractivity contribution in [2.45, 2.75) is 37.8 Å². The summed E-state index contributed by atoms with van der Waals surface area (Å²) in [5, 5.41) is 10.6. The maximum absolute atomic E-state index is 12.8. The highest BCUT2D eigenvalue weighted by Gasteiger charge is 2.38. The molecule has 0 N–H and O–H groups in total. The first-order valence-corrected chi connectivity index (χ1v) is 5.75. The molecular weight excluding hydrogens is 247 g/mol. The first kappa shape index (κ1) is 12.9. The SMILES string of the molecule is O=[N+]([O-])c1ccc(C2CCCC2)cc1C(F)(F)F. The Morgan fingerprint density at radius 1 is 1.22 bits per heavy atom. The van der Waals surface area contributed by atoms with Gasteiger partial charge in [-0.25, -0.2) is 0 Å². The number of hydrogen-bond donors (Lipinski definition) is 0. The molecule has 0 heterocycles. The van der Waals surface area contributed by atoms with Gasteiger partial charge in [0.15, 0.2) is 0 Å². The molecule has 0 radical (unpaired) electrons.